The fraction of sp³-hybridized carbons (Fsp3) is 0.500. The first kappa shape index (κ1) is 12.1. The maximum atomic E-state index is 12.2. The molecule has 84 valence electrons. The number of methoxy groups -OCH3 is 1. The van der Waals surface area contributed by atoms with Crippen LogP contribution in [-0.2, 0) is 11.3 Å². The van der Waals surface area contributed by atoms with Crippen molar-refractivity contribution in [1.29, 1.82) is 0 Å². The molecule has 0 fully saturated rings. The van der Waals surface area contributed by atoms with E-state index >= 15 is 0 Å². The summed E-state index contributed by atoms with van der Waals surface area (Å²) in [6.07, 6.45) is -2.57. The number of ether oxygens (including phenoxy) is 1. The zero-order chi connectivity index (χ0) is 11.6. The largest absolute Gasteiger partial charge is 0.464 e. The highest BCUT2D eigenvalue weighted by molar-refractivity contribution is 9.10. The molecule has 0 bridgehead atoms. The minimum atomic E-state index is -2.57. The summed E-state index contributed by atoms with van der Waals surface area (Å²) in [5, 5.41) is 3.81. The first-order chi connectivity index (χ1) is 6.97. The second-order valence-electron chi connectivity index (χ2n) is 2.81. The molecule has 7 heteroatoms. The Morgan fingerprint density at radius 2 is 2.27 bits per heavy atom. The molecule has 0 N–H and O–H groups in total. The third-order valence-electron chi connectivity index (χ3n) is 1.74. The highest BCUT2D eigenvalue weighted by Gasteiger charge is 2.22. The Morgan fingerprint density at radius 1 is 1.67 bits per heavy atom. The fourth-order valence-corrected chi connectivity index (χ4v) is 1.56. The molecule has 0 saturated carbocycles. The monoisotopic (exact) mass is 282 g/mol. The molecule has 0 saturated heterocycles. The molecule has 0 aliphatic heterocycles. The van der Waals surface area contributed by atoms with Gasteiger partial charge in [-0.05, 0) is 22.9 Å². The van der Waals surface area contributed by atoms with Crippen LogP contribution < -0.4 is 0 Å². The van der Waals surface area contributed by atoms with Gasteiger partial charge in [0.05, 0.1) is 17.3 Å². The van der Waals surface area contributed by atoms with Crippen LogP contribution in [-0.4, -0.2) is 29.3 Å². The Kier molecular flexibility index (Phi) is 3.78. The van der Waals surface area contributed by atoms with Crippen molar-refractivity contribution in [2.45, 2.75) is 19.9 Å². The van der Waals surface area contributed by atoms with Crippen molar-refractivity contribution in [2.75, 3.05) is 7.11 Å². The number of esters is 1. The van der Waals surface area contributed by atoms with E-state index in [1.807, 2.05) is 0 Å². The molecular weight excluding hydrogens is 274 g/mol. The number of hydrogen-bond donors (Lipinski definition) is 0. The summed E-state index contributed by atoms with van der Waals surface area (Å²) in [6, 6.07) is 0. The summed E-state index contributed by atoms with van der Waals surface area (Å²) in [5.74, 6) is -0.692. The van der Waals surface area contributed by atoms with Crippen molar-refractivity contribution in [1.82, 2.24) is 9.78 Å². The van der Waals surface area contributed by atoms with E-state index < -0.39 is 18.9 Å². The van der Waals surface area contributed by atoms with Gasteiger partial charge in [0, 0.05) is 0 Å². The quantitative estimate of drug-likeness (QED) is 0.797. The number of rotatable bonds is 3. The number of halogens is 3. The normalized spacial score (nSPS) is 10.8. The summed E-state index contributed by atoms with van der Waals surface area (Å²) in [6.45, 7) is 0.982. The lowest BCUT2D eigenvalue weighted by Gasteiger charge is -2.04. The Bertz CT molecular complexity index is 379. The molecule has 0 unspecified atom stereocenters. The molecule has 1 aromatic rings. The van der Waals surface area contributed by atoms with Crippen LogP contribution in [0.2, 0.25) is 0 Å². The lowest BCUT2D eigenvalue weighted by atomic mass is 10.4. The molecule has 0 spiro atoms. The molecule has 0 radical (unpaired) electrons. The van der Waals surface area contributed by atoms with Gasteiger partial charge in [0.25, 0.3) is 6.43 Å². The Labute approximate surface area is 93.3 Å². The molecule has 0 aliphatic rings. The van der Waals surface area contributed by atoms with Crippen molar-refractivity contribution in [3.63, 3.8) is 0 Å². The number of aryl methyl sites for hydroxylation is 1. The first-order valence-corrected chi connectivity index (χ1v) is 4.86. The zero-order valence-corrected chi connectivity index (χ0v) is 9.72. The summed E-state index contributed by atoms with van der Waals surface area (Å²) < 4.78 is 30.2. The molecular formula is C8H9BrF2N2O2. The SMILES string of the molecule is COC(=O)c1c(Br)c(C)nn1CC(F)F. The van der Waals surface area contributed by atoms with E-state index in [0.29, 0.717) is 10.2 Å². The van der Waals surface area contributed by atoms with E-state index in [1.54, 1.807) is 6.92 Å². The van der Waals surface area contributed by atoms with E-state index in [9.17, 15) is 13.6 Å². The van der Waals surface area contributed by atoms with E-state index in [1.165, 1.54) is 7.11 Å². The van der Waals surface area contributed by atoms with Crippen LogP contribution in [0.15, 0.2) is 4.47 Å². The van der Waals surface area contributed by atoms with Crippen LogP contribution in [0.4, 0.5) is 8.78 Å². The van der Waals surface area contributed by atoms with Gasteiger partial charge >= 0.3 is 5.97 Å². The van der Waals surface area contributed by atoms with E-state index in [0.717, 1.165) is 4.68 Å². The summed E-state index contributed by atoms with van der Waals surface area (Å²) >= 11 is 3.10. The number of carbonyl (C=O) groups is 1. The molecule has 0 aliphatic carbocycles. The molecule has 4 nitrogen and oxygen atoms in total. The van der Waals surface area contributed by atoms with Gasteiger partial charge in [0.15, 0.2) is 5.69 Å². The summed E-state index contributed by atoms with van der Waals surface area (Å²) in [4.78, 5) is 11.3. The van der Waals surface area contributed by atoms with E-state index in [2.05, 4.69) is 25.8 Å². The highest BCUT2D eigenvalue weighted by atomic mass is 79.9. The highest BCUT2D eigenvalue weighted by Crippen LogP contribution is 2.22. The number of nitrogens with zero attached hydrogens (tertiary/aromatic N) is 2. The molecule has 0 amide bonds. The van der Waals surface area contributed by atoms with Gasteiger partial charge in [-0.15, -0.1) is 0 Å². The topological polar surface area (TPSA) is 44.1 Å². The van der Waals surface area contributed by atoms with Crippen molar-refractivity contribution < 1.29 is 18.3 Å². The average Bonchev–Trinajstić information content (AvgIpc) is 2.41. The van der Waals surface area contributed by atoms with Crippen molar-refractivity contribution in [2.24, 2.45) is 0 Å². The maximum absolute atomic E-state index is 12.2. The lowest BCUT2D eigenvalue weighted by molar-refractivity contribution is 0.0575. The van der Waals surface area contributed by atoms with Crippen molar-refractivity contribution in [3.05, 3.63) is 15.9 Å². The number of aromatic nitrogens is 2. The standard InChI is InChI=1S/C8H9BrF2N2O2/c1-4-6(9)7(8(14)15-2)13(12-4)3-5(10)11/h5H,3H2,1-2H3. The zero-order valence-electron chi connectivity index (χ0n) is 8.13. The minimum absolute atomic E-state index is 0.00954. The Hall–Kier alpha value is -0.980. The summed E-state index contributed by atoms with van der Waals surface area (Å²) in [7, 11) is 1.18. The van der Waals surface area contributed by atoms with Gasteiger partial charge in [-0.25, -0.2) is 13.6 Å². The van der Waals surface area contributed by atoms with Crippen molar-refractivity contribution >= 4 is 21.9 Å². The van der Waals surface area contributed by atoms with Crippen molar-refractivity contribution in [3.8, 4) is 0 Å². The van der Waals surface area contributed by atoms with Crippen LogP contribution in [0.1, 0.15) is 16.2 Å². The molecule has 1 aromatic heterocycles. The third-order valence-corrected chi connectivity index (χ3v) is 2.69. The predicted octanol–water partition coefficient (Wildman–Crippen LogP) is 2.01. The second-order valence-corrected chi connectivity index (χ2v) is 3.61. The number of alkyl halides is 2. The van der Waals surface area contributed by atoms with Crippen LogP contribution in [0.5, 0.6) is 0 Å². The average molecular weight is 283 g/mol. The Balaban J connectivity index is 3.15. The van der Waals surface area contributed by atoms with Gasteiger partial charge in [-0.2, -0.15) is 5.10 Å². The molecule has 15 heavy (non-hydrogen) atoms. The predicted molar refractivity (Wildman–Crippen MR) is 52.0 cm³/mol. The van der Waals surface area contributed by atoms with Crippen LogP contribution in [0.3, 0.4) is 0 Å². The third kappa shape index (κ3) is 2.53. The maximum Gasteiger partial charge on any atom is 0.357 e. The van der Waals surface area contributed by atoms with E-state index in [-0.39, 0.29) is 5.69 Å². The van der Waals surface area contributed by atoms with Gasteiger partial charge in [-0.1, -0.05) is 0 Å². The van der Waals surface area contributed by atoms with Gasteiger partial charge in [-0.3, -0.25) is 4.68 Å². The summed E-state index contributed by atoms with van der Waals surface area (Å²) in [5.41, 5.74) is 0.478. The first-order valence-electron chi connectivity index (χ1n) is 4.06. The minimum Gasteiger partial charge on any atom is -0.464 e. The van der Waals surface area contributed by atoms with Gasteiger partial charge in [0.2, 0.25) is 0 Å². The van der Waals surface area contributed by atoms with Gasteiger partial charge < -0.3 is 4.74 Å². The van der Waals surface area contributed by atoms with Crippen LogP contribution in [0, 0.1) is 6.92 Å². The smallest absolute Gasteiger partial charge is 0.357 e. The molecule has 1 rings (SSSR count). The fourth-order valence-electron chi connectivity index (χ4n) is 1.11. The van der Waals surface area contributed by atoms with Crippen LogP contribution in [0.25, 0.3) is 0 Å². The van der Waals surface area contributed by atoms with Gasteiger partial charge in [0.1, 0.15) is 6.54 Å². The van der Waals surface area contributed by atoms with Crippen LogP contribution >= 0.6 is 15.9 Å². The molecule has 1 heterocycles. The number of carbonyl (C=O) groups excluding carboxylic acids is 1. The Morgan fingerprint density at radius 3 is 2.73 bits per heavy atom. The van der Waals surface area contributed by atoms with E-state index in [4.69, 9.17) is 0 Å². The lowest BCUT2D eigenvalue weighted by Crippen LogP contribution is -2.16. The second kappa shape index (κ2) is 4.69. The molecule has 0 atom stereocenters. The molecule has 0 aromatic carbocycles. The number of hydrogen-bond acceptors (Lipinski definition) is 3.